The minimum atomic E-state index is -3.40. The van der Waals surface area contributed by atoms with E-state index in [9.17, 15) is 8.42 Å². The van der Waals surface area contributed by atoms with Gasteiger partial charge >= 0.3 is 0 Å². The molecule has 0 unspecified atom stereocenters. The van der Waals surface area contributed by atoms with Crippen LogP contribution >= 0.6 is 0 Å². The molecule has 0 amide bonds. The van der Waals surface area contributed by atoms with Gasteiger partial charge in [0.15, 0.2) is 0 Å². The average Bonchev–Trinajstić information content (AvgIpc) is 3.06. The maximum Gasteiger partial charge on any atom is 0.240 e. The molecule has 0 spiro atoms. The Morgan fingerprint density at radius 2 is 1.88 bits per heavy atom. The van der Waals surface area contributed by atoms with Gasteiger partial charge < -0.3 is 5.43 Å². The fourth-order valence-electron chi connectivity index (χ4n) is 1.47. The monoisotopic (exact) mass is 255 g/mol. The molecule has 0 radical (unpaired) electrons. The predicted molar refractivity (Wildman–Crippen MR) is 66.8 cm³/mol. The summed E-state index contributed by atoms with van der Waals surface area (Å²) in [5, 5.41) is 0. The SMILES string of the molecule is CC1(CNS(=O)(=O)c2ccc(NN)cc2)CC1. The Labute approximate surface area is 101 Å². The van der Waals surface area contributed by atoms with Crippen molar-refractivity contribution in [1.82, 2.24) is 4.72 Å². The molecule has 5 nitrogen and oxygen atoms in total. The fraction of sp³-hybridized carbons (Fsp3) is 0.455. The minimum absolute atomic E-state index is 0.159. The van der Waals surface area contributed by atoms with E-state index in [1.54, 1.807) is 12.1 Å². The third-order valence-electron chi connectivity index (χ3n) is 3.12. The van der Waals surface area contributed by atoms with Crippen LogP contribution in [0, 0.1) is 5.41 Å². The number of nitrogens with two attached hydrogens (primary N) is 1. The second kappa shape index (κ2) is 4.29. The first kappa shape index (κ1) is 12.3. The van der Waals surface area contributed by atoms with Gasteiger partial charge in [-0.2, -0.15) is 0 Å². The fourth-order valence-corrected chi connectivity index (χ4v) is 2.67. The van der Waals surface area contributed by atoms with Crippen LogP contribution in [0.4, 0.5) is 5.69 Å². The normalized spacial score (nSPS) is 17.8. The number of hydrazine groups is 1. The van der Waals surface area contributed by atoms with Crippen LogP contribution in [0.3, 0.4) is 0 Å². The molecule has 0 bridgehead atoms. The lowest BCUT2D eigenvalue weighted by Crippen LogP contribution is -2.29. The highest BCUT2D eigenvalue weighted by Gasteiger charge is 2.38. The van der Waals surface area contributed by atoms with E-state index >= 15 is 0 Å². The summed E-state index contributed by atoms with van der Waals surface area (Å²) in [7, 11) is -3.40. The standard InChI is InChI=1S/C11H17N3O2S/c1-11(6-7-11)8-13-17(15,16)10-4-2-9(14-12)3-5-10/h2-5,13-14H,6-8,12H2,1H3. The molecule has 6 heteroatoms. The highest BCUT2D eigenvalue weighted by molar-refractivity contribution is 7.89. The molecule has 4 N–H and O–H groups in total. The van der Waals surface area contributed by atoms with E-state index in [-0.39, 0.29) is 10.3 Å². The number of nitrogen functional groups attached to an aromatic ring is 1. The zero-order valence-corrected chi connectivity index (χ0v) is 10.5. The Bertz CT molecular complexity index is 492. The molecule has 1 aromatic carbocycles. The highest BCUT2D eigenvalue weighted by atomic mass is 32.2. The molecule has 1 saturated carbocycles. The first-order valence-corrected chi connectivity index (χ1v) is 7.00. The number of hydrogen-bond donors (Lipinski definition) is 3. The lowest BCUT2D eigenvalue weighted by atomic mass is 10.2. The first-order chi connectivity index (χ1) is 7.95. The van der Waals surface area contributed by atoms with E-state index in [0.29, 0.717) is 12.2 Å². The molecule has 1 aliphatic carbocycles. The van der Waals surface area contributed by atoms with Crippen LogP contribution in [-0.2, 0) is 10.0 Å². The molecule has 0 heterocycles. The van der Waals surface area contributed by atoms with Crippen LogP contribution in [0.25, 0.3) is 0 Å². The van der Waals surface area contributed by atoms with Crippen molar-refractivity contribution in [3.63, 3.8) is 0 Å². The molecule has 17 heavy (non-hydrogen) atoms. The Kier molecular flexibility index (Phi) is 3.11. The van der Waals surface area contributed by atoms with Gasteiger partial charge in [0.1, 0.15) is 0 Å². The summed E-state index contributed by atoms with van der Waals surface area (Å²) in [5.74, 6) is 5.22. The van der Waals surface area contributed by atoms with E-state index in [2.05, 4.69) is 17.1 Å². The summed E-state index contributed by atoms with van der Waals surface area (Å²) in [6, 6.07) is 6.33. The zero-order valence-electron chi connectivity index (χ0n) is 9.73. The van der Waals surface area contributed by atoms with Crippen molar-refractivity contribution in [3.8, 4) is 0 Å². The van der Waals surface area contributed by atoms with E-state index in [0.717, 1.165) is 12.8 Å². The average molecular weight is 255 g/mol. The topological polar surface area (TPSA) is 84.2 Å². The highest BCUT2D eigenvalue weighted by Crippen LogP contribution is 2.44. The third-order valence-corrected chi connectivity index (χ3v) is 4.54. The van der Waals surface area contributed by atoms with Gasteiger partial charge in [0.25, 0.3) is 0 Å². The third kappa shape index (κ3) is 2.96. The van der Waals surface area contributed by atoms with Crippen molar-refractivity contribution in [3.05, 3.63) is 24.3 Å². The van der Waals surface area contributed by atoms with Crippen molar-refractivity contribution >= 4 is 15.7 Å². The molecule has 0 atom stereocenters. The smallest absolute Gasteiger partial charge is 0.240 e. The van der Waals surface area contributed by atoms with Crippen molar-refractivity contribution in [1.29, 1.82) is 0 Å². The van der Waals surface area contributed by atoms with E-state index in [4.69, 9.17) is 5.84 Å². The second-order valence-corrected chi connectivity index (χ2v) is 6.57. The lowest BCUT2D eigenvalue weighted by molar-refractivity contribution is 0.530. The van der Waals surface area contributed by atoms with Gasteiger partial charge in [-0.25, -0.2) is 13.1 Å². The van der Waals surface area contributed by atoms with Gasteiger partial charge in [-0.3, -0.25) is 5.84 Å². The van der Waals surface area contributed by atoms with Crippen molar-refractivity contribution in [2.75, 3.05) is 12.0 Å². The van der Waals surface area contributed by atoms with Gasteiger partial charge in [0, 0.05) is 12.2 Å². The van der Waals surface area contributed by atoms with Crippen molar-refractivity contribution < 1.29 is 8.42 Å². The maximum atomic E-state index is 11.9. The molecule has 0 saturated heterocycles. The second-order valence-electron chi connectivity index (χ2n) is 4.80. The summed E-state index contributed by atoms with van der Waals surface area (Å²) in [6.07, 6.45) is 2.18. The predicted octanol–water partition coefficient (Wildman–Crippen LogP) is 1.05. The van der Waals surface area contributed by atoms with Gasteiger partial charge in [-0.1, -0.05) is 6.92 Å². The number of benzene rings is 1. The Hall–Kier alpha value is -1.11. The van der Waals surface area contributed by atoms with E-state index < -0.39 is 10.0 Å². The van der Waals surface area contributed by atoms with Crippen LogP contribution in [0.5, 0.6) is 0 Å². The Balaban J connectivity index is 2.07. The molecule has 94 valence electrons. The Morgan fingerprint density at radius 1 is 1.29 bits per heavy atom. The largest absolute Gasteiger partial charge is 0.324 e. The minimum Gasteiger partial charge on any atom is -0.324 e. The molecular formula is C11H17N3O2S. The van der Waals surface area contributed by atoms with Crippen LogP contribution in [0.15, 0.2) is 29.2 Å². The van der Waals surface area contributed by atoms with E-state index in [1.807, 2.05) is 0 Å². The summed E-state index contributed by atoms with van der Waals surface area (Å²) in [4.78, 5) is 0.265. The van der Waals surface area contributed by atoms with Crippen LogP contribution in [0.1, 0.15) is 19.8 Å². The molecule has 1 fully saturated rings. The number of hydrogen-bond acceptors (Lipinski definition) is 4. The quantitative estimate of drug-likeness (QED) is 0.542. The van der Waals surface area contributed by atoms with Crippen LogP contribution in [-0.4, -0.2) is 15.0 Å². The molecule has 2 rings (SSSR count). The van der Waals surface area contributed by atoms with Gasteiger partial charge in [0.05, 0.1) is 4.90 Å². The molecule has 0 aliphatic heterocycles. The molecular weight excluding hydrogens is 238 g/mol. The zero-order chi connectivity index (χ0) is 12.5. The number of rotatable bonds is 5. The summed E-state index contributed by atoms with van der Waals surface area (Å²) < 4.78 is 26.5. The van der Waals surface area contributed by atoms with Crippen LogP contribution in [0.2, 0.25) is 0 Å². The summed E-state index contributed by atoms with van der Waals surface area (Å²) in [5.41, 5.74) is 3.29. The van der Waals surface area contributed by atoms with Crippen molar-refractivity contribution in [2.45, 2.75) is 24.7 Å². The van der Waals surface area contributed by atoms with Gasteiger partial charge in [-0.15, -0.1) is 0 Å². The summed E-state index contributed by atoms with van der Waals surface area (Å²) >= 11 is 0. The number of anilines is 1. The van der Waals surface area contributed by atoms with Crippen molar-refractivity contribution in [2.24, 2.45) is 11.3 Å². The lowest BCUT2D eigenvalue weighted by Gasteiger charge is -2.11. The van der Waals surface area contributed by atoms with Gasteiger partial charge in [-0.05, 0) is 42.5 Å². The first-order valence-electron chi connectivity index (χ1n) is 5.52. The van der Waals surface area contributed by atoms with E-state index in [1.165, 1.54) is 12.1 Å². The molecule has 1 aromatic rings. The van der Waals surface area contributed by atoms with Crippen LogP contribution < -0.4 is 16.0 Å². The summed E-state index contributed by atoms with van der Waals surface area (Å²) in [6.45, 7) is 2.59. The number of nitrogens with one attached hydrogen (secondary N) is 2. The maximum absolute atomic E-state index is 11.9. The van der Waals surface area contributed by atoms with Gasteiger partial charge in [0.2, 0.25) is 10.0 Å². The number of sulfonamides is 1. The molecule has 0 aromatic heterocycles. The Morgan fingerprint density at radius 3 is 2.35 bits per heavy atom. The molecule has 1 aliphatic rings.